The van der Waals surface area contributed by atoms with Crippen LogP contribution in [0.3, 0.4) is 0 Å². The summed E-state index contributed by atoms with van der Waals surface area (Å²) in [4.78, 5) is 22.2. The minimum atomic E-state index is -0.409. The zero-order valence-electron chi connectivity index (χ0n) is 11.5. The van der Waals surface area contributed by atoms with Gasteiger partial charge in [-0.05, 0) is 39.4 Å². The first kappa shape index (κ1) is 17.2. The van der Waals surface area contributed by atoms with Crippen LogP contribution >= 0.6 is 11.8 Å². The molecule has 0 aromatic carbocycles. The lowest BCUT2D eigenvalue weighted by molar-refractivity contribution is -0.151. The molecule has 3 N–H and O–H groups in total. The predicted octanol–water partition coefficient (Wildman–Crippen LogP) is 1.61. The molecule has 0 aliphatic carbocycles. The first-order valence-electron chi connectivity index (χ1n) is 6.14. The van der Waals surface area contributed by atoms with E-state index in [1.807, 2.05) is 20.8 Å². The Hall–Kier alpha value is -0.750. The van der Waals surface area contributed by atoms with E-state index in [4.69, 9.17) is 10.6 Å². The highest BCUT2D eigenvalue weighted by Gasteiger charge is 2.15. The number of ether oxygens (including phenoxy) is 1. The Balaban J connectivity index is 3.35. The Morgan fingerprint density at radius 3 is 2.44 bits per heavy atom. The lowest BCUT2D eigenvalue weighted by Crippen LogP contribution is -2.29. The van der Waals surface area contributed by atoms with E-state index in [1.54, 1.807) is 11.8 Å². The number of hydrogen-bond donors (Lipinski definition) is 2. The van der Waals surface area contributed by atoms with Crippen molar-refractivity contribution in [3.8, 4) is 0 Å². The Kier molecular flexibility index (Phi) is 8.83. The van der Waals surface area contributed by atoms with Crippen molar-refractivity contribution in [2.24, 2.45) is 5.84 Å². The molecule has 0 aliphatic rings. The minimum Gasteiger partial charge on any atom is -0.459 e. The number of esters is 1. The van der Waals surface area contributed by atoms with E-state index in [9.17, 15) is 9.59 Å². The third-order valence-corrected chi connectivity index (χ3v) is 3.01. The number of hydrogen-bond acceptors (Lipinski definition) is 5. The molecule has 0 saturated carbocycles. The van der Waals surface area contributed by atoms with E-state index < -0.39 is 5.60 Å². The Morgan fingerprint density at radius 2 is 1.89 bits per heavy atom. The number of rotatable bonds is 8. The number of carbonyl (C=O) groups excluding carboxylic acids is 2. The van der Waals surface area contributed by atoms with E-state index >= 15 is 0 Å². The van der Waals surface area contributed by atoms with E-state index in [2.05, 4.69) is 5.43 Å². The third kappa shape index (κ3) is 11.7. The lowest BCUT2D eigenvalue weighted by Gasteiger charge is -2.19. The summed E-state index contributed by atoms with van der Waals surface area (Å²) in [7, 11) is 0. The topological polar surface area (TPSA) is 81.4 Å². The second kappa shape index (κ2) is 9.22. The summed E-state index contributed by atoms with van der Waals surface area (Å²) in [6, 6.07) is 0. The number of hydrazine groups is 1. The summed E-state index contributed by atoms with van der Waals surface area (Å²) in [5, 5.41) is 0. The summed E-state index contributed by atoms with van der Waals surface area (Å²) in [6.45, 7) is 5.58. The number of nitrogens with two attached hydrogens (primary N) is 1. The second-order valence-electron chi connectivity index (χ2n) is 5.02. The van der Waals surface area contributed by atoms with Gasteiger partial charge in [-0.3, -0.25) is 15.0 Å². The van der Waals surface area contributed by atoms with Crippen molar-refractivity contribution < 1.29 is 14.3 Å². The van der Waals surface area contributed by atoms with Gasteiger partial charge in [-0.2, -0.15) is 11.8 Å². The molecule has 0 unspecified atom stereocenters. The average Bonchev–Trinajstić information content (AvgIpc) is 2.25. The standard InChI is InChI=1S/C12H24N2O3S/c1-12(2,3)17-11(16)9-18-8-6-4-5-7-10(15)14-13/h4-9,13H2,1-3H3,(H,14,15). The summed E-state index contributed by atoms with van der Waals surface area (Å²) in [5.74, 6) is 5.96. The molecule has 0 aromatic rings. The van der Waals surface area contributed by atoms with Crippen LogP contribution in [0.2, 0.25) is 0 Å². The van der Waals surface area contributed by atoms with E-state index in [1.165, 1.54) is 0 Å². The highest BCUT2D eigenvalue weighted by atomic mass is 32.2. The molecule has 1 amide bonds. The van der Waals surface area contributed by atoms with Crippen molar-refractivity contribution in [2.75, 3.05) is 11.5 Å². The lowest BCUT2D eigenvalue weighted by atomic mass is 10.2. The van der Waals surface area contributed by atoms with Gasteiger partial charge >= 0.3 is 5.97 Å². The number of nitrogens with one attached hydrogen (secondary N) is 1. The quantitative estimate of drug-likeness (QED) is 0.231. The number of amides is 1. The van der Waals surface area contributed by atoms with E-state index in [-0.39, 0.29) is 11.9 Å². The maximum Gasteiger partial charge on any atom is 0.316 e. The van der Waals surface area contributed by atoms with Gasteiger partial charge < -0.3 is 4.74 Å². The monoisotopic (exact) mass is 276 g/mol. The molecule has 106 valence electrons. The first-order chi connectivity index (χ1) is 8.35. The molecule has 5 nitrogen and oxygen atoms in total. The molecule has 0 heterocycles. The summed E-state index contributed by atoms with van der Waals surface area (Å²) >= 11 is 1.57. The number of thioether (sulfide) groups is 1. The van der Waals surface area contributed by atoms with Gasteiger partial charge in [0, 0.05) is 6.42 Å². The fraction of sp³-hybridized carbons (Fsp3) is 0.833. The fourth-order valence-corrected chi connectivity index (χ4v) is 2.04. The molecule has 0 bridgehead atoms. The SMILES string of the molecule is CC(C)(C)OC(=O)CSCCCCCC(=O)NN. The molecule has 0 spiro atoms. The fourth-order valence-electron chi connectivity index (χ4n) is 1.27. The Bertz CT molecular complexity index is 265. The summed E-state index contributed by atoms with van der Waals surface area (Å²) in [6.07, 6.45) is 3.25. The van der Waals surface area contributed by atoms with Crippen LogP contribution in [0.15, 0.2) is 0 Å². The molecule has 0 saturated heterocycles. The van der Waals surface area contributed by atoms with Gasteiger partial charge in [0.1, 0.15) is 5.60 Å². The highest BCUT2D eigenvalue weighted by molar-refractivity contribution is 7.99. The van der Waals surface area contributed by atoms with E-state index in [0.717, 1.165) is 25.0 Å². The molecule has 18 heavy (non-hydrogen) atoms. The van der Waals surface area contributed by atoms with Gasteiger partial charge in [0.15, 0.2) is 0 Å². The van der Waals surface area contributed by atoms with Gasteiger partial charge in [-0.25, -0.2) is 5.84 Å². The molecule has 0 aromatic heterocycles. The van der Waals surface area contributed by atoms with Gasteiger partial charge in [-0.15, -0.1) is 0 Å². The van der Waals surface area contributed by atoms with Crippen molar-refractivity contribution in [3.63, 3.8) is 0 Å². The van der Waals surface area contributed by atoms with E-state index in [0.29, 0.717) is 12.2 Å². The van der Waals surface area contributed by atoms with Crippen molar-refractivity contribution in [1.82, 2.24) is 5.43 Å². The van der Waals surface area contributed by atoms with Crippen LogP contribution in [0.5, 0.6) is 0 Å². The smallest absolute Gasteiger partial charge is 0.316 e. The maximum absolute atomic E-state index is 11.4. The van der Waals surface area contributed by atoms with Crippen LogP contribution in [0, 0.1) is 0 Å². The molecule has 0 atom stereocenters. The Morgan fingerprint density at radius 1 is 1.22 bits per heavy atom. The van der Waals surface area contributed by atoms with Crippen LogP contribution < -0.4 is 11.3 Å². The second-order valence-corrected chi connectivity index (χ2v) is 6.12. The maximum atomic E-state index is 11.4. The van der Waals surface area contributed by atoms with Gasteiger partial charge in [0.25, 0.3) is 0 Å². The van der Waals surface area contributed by atoms with Crippen molar-refractivity contribution >= 4 is 23.6 Å². The van der Waals surface area contributed by atoms with Crippen LogP contribution in [0.1, 0.15) is 46.5 Å². The van der Waals surface area contributed by atoms with Gasteiger partial charge in [-0.1, -0.05) is 6.42 Å². The molecule has 6 heteroatoms. The number of unbranched alkanes of at least 4 members (excludes halogenated alkanes) is 2. The molecular weight excluding hydrogens is 252 g/mol. The van der Waals surface area contributed by atoms with Gasteiger partial charge in [0.2, 0.25) is 5.91 Å². The van der Waals surface area contributed by atoms with Crippen molar-refractivity contribution in [2.45, 2.75) is 52.1 Å². The van der Waals surface area contributed by atoms with Crippen LogP contribution in [0.25, 0.3) is 0 Å². The molecule has 0 fully saturated rings. The summed E-state index contributed by atoms with van der Waals surface area (Å²) < 4.78 is 5.18. The van der Waals surface area contributed by atoms with Crippen molar-refractivity contribution in [3.05, 3.63) is 0 Å². The zero-order chi connectivity index (χ0) is 14.0. The van der Waals surface area contributed by atoms with Crippen LogP contribution in [-0.2, 0) is 14.3 Å². The molecule has 0 radical (unpaired) electrons. The van der Waals surface area contributed by atoms with Crippen LogP contribution in [0.4, 0.5) is 0 Å². The van der Waals surface area contributed by atoms with Gasteiger partial charge in [0.05, 0.1) is 5.75 Å². The first-order valence-corrected chi connectivity index (χ1v) is 7.29. The molecule has 0 aliphatic heterocycles. The van der Waals surface area contributed by atoms with Crippen LogP contribution in [-0.4, -0.2) is 29.0 Å². The highest BCUT2D eigenvalue weighted by Crippen LogP contribution is 2.12. The predicted molar refractivity (Wildman–Crippen MR) is 74.0 cm³/mol. The number of carbonyl (C=O) groups is 2. The minimum absolute atomic E-state index is 0.128. The molecule has 0 rings (SSSR count). The third-order valence-electron chi connectivity index (χ3n) is 1.99. The Labute approximate surface area is 113 Å². The largest absolute Gasteiger partial charge is 0.459 e. The normalized spacial score (nSPS) is 11.1. The van der Waals surface area contributed by atoms with Crippen molar-refractivity contribution in [1.29, 1.82) is 0 Å². The average molecular weight is 276 g/mol. The summed E-state index contributed by atoms with van der Waals surface area (Å²) in [5.41, 5.74) is 1.69. The molecular formula is C12H24N2O3S. The zero-order valence-corrected chi connectivity index (χ0v) is 12.3.